The molecule has 0 fully saturated rings. The predicted octanol–water partition coefficient (Wildman–Crippen LogP) is 6.60. The van der Waals surface area contributed by atoms with Gasteiger partial charge < -0.3 is 4.42 Å². The Hall–Kier alpha value is -3.69. The van der Waals surface area contributed by atoms with E-state index in [2.05, 4.69) is 6.07 Å². The summed E-state index contributed by atoms with van der Waals surface area (Å²) in [7, 11) is 0. The maximum absolute atomic E-state index is 12.8. The lowest BCUT2D eigenvalue weighted by atomic mass is 9.91. The molecule has 4 heteroatoms. The quantitative estimate of drug-likeness (QED) is 0.248. The highest BCUT2D eigenvalue weighted by Crippen LogP contribution is 2.34. The Morgan fingerprint density at radius 2 is 1.60 bits per heavy atom. The number of halogens is 1. The fourth-order valence-corrected chi connectivity index (χ4v) is 3.94. The van der Waals surface area contributed by atoms with Gasteiger partial charge in [-0.1, -0.05) is 48.0 Å². The fourth-order valence-electron chi connectivity index (χ4n) is 3.82. The number of carbonyl (C=O) groups excluding carboxylic acids is 2. The molecule has 1 radical (unpaired) electrons. The number of benzene rings is 4. The van der Waals surface area contributed by atoms with Crippen LogP contribution in [0.2, 0.25) is 5.02 Å². The number of ketones is 1. The van der Waals surface area contributed by atoms with Crippen LogP contribution in [-0.4, -0.2) is 12.1 Å². The minimum absolute atomic E-state index is 0.191. The molecule has 0 spiro atoms. The van der Waals surface area contributed by atoms with E-state index in [1.807, 2.05) is 60.9 Å². The predicted molar refractivity (Wildman–Crippen MR) is 119 cm³/mol. The first kappa shape index (κ1) is 18.3. The Bertz CT molecular complexity index is 1410. The number of fused-ring (bicyclic) bond motifs is 2. The summed E-state index contributed by atoms with van der Waals surface area (Å²) in [4.78, 5) is 24.6. The zero-order chi connectivity index (χ0) is 20.7. The van der Waals surface area contributed by atoms with Crippen molar-refractivity contribution < 1.29 is 14.0 Å². The first-order valence-corrected chi connectivity index (χ1v) is 9.75. The molecule has 3 nitrogen and oxygen atoms in total. The van der Waals surface area contributed by atoms with Crippen molar-refractivity contribution in [3.05, 3.63) is 107 Å². The molecule has 0 aliphatic heterocycles. The summed E-state index contributed by atoms with van der Waals surface area (Å²) < 4.78 is 5.22. The van der Waals surface area contributed by atoms with Crippen LogP contribution in [0.15, 0.2) is 89.5 Å². The Morgan fingerprint density at radius 1 is 0.833 bits per heavy atom. The molecule has 143 valence electrons. The van der Waals surface area contributed by atoms with Crippen LogP contribution in [-0.2, 0) is 4.79 Å². The summed E-state index contributed by atoms with van der Waals surface area (Å²) in [5.41, 5.74) is 2.64. The van der Waals surface area contributed by atoms with Gasteiger partial charge in [0, 0.05) is 16.1 Å². The number of hydrogen-bond acceptors (Lipinski definition) is 3. The van der Waals surface area contributed by atoms with Crippen LogP contribution in [0.3, 0.4) is 0 Å². The van der Waals surface area contributed by atoms with Crippen LogP contribution in [0.4, 0.5) is 0 Å². The molecular formula is C26H14ClO3. The monoisotopic (exact) mass is 409 g/mol. The van der Waals surface area contributed by atoms with Crippen molar-refractivity contribution >= 4 is 45.2 Å². The largest absolute Gasteiger partial charge is 0.461 e. The van der Waals surface area contributed by atoms with Crippen LogP contribution >= 0.6 is 11.6 Å². The highest BCUT2D eigenvalue weighted by atomic mass is 35.5. The van der Waals surface area contributed by atoms with Gasteiger partial charge in [-0.15, -0.1) is 0 Å². The van der Waals surface area contributed by atoms with Gasteiger partial charge >= 0.3 is 0 Å². The Kier molecular flexibility index (Phi) is 4.46. The molecule has 0 unspecified atom stereocenters. The van der Waals surface area contributed by atoms with Gasteiger partial charge in [0.2, 0.25) is 12.1 Å². The molecule has 0 N–H and O–H groups in total. The van der Waals surface area contributed by atoms with Gasteiger partial charge in [0.25, 0.3) is 0 Å². The molecule has 0 aliphatic carbocycles. The van der Waals surface area contributed by atoms with Crippen molar-refractivity contribution in [3.63, 3.8) is 0 Å². The third-order valence-corrected chi connectivity index (χ3v) is 5.52. The van der Waals surface area contributed by atoms with Crippen molar-refractivity contribution in [3.8, 4) is 11.1 Å². The van der Waals surface area contributed by atoms with E-state index >= 15 is 0 Å². The summed E-state index contributed by atoms with van der Waals surface area (Å²) in [6, 6.07) is 24.4. The van der Waals surface area contributed by atoms with E-state index in [9.17, 15) is 9.59 Å². The maximum Gasteiger partial charge on any atom is 0.234 e. The summed E-state index contributed by atoms with van der Waals surface area (Å²) in [5.74, 6) is -0.146. The molecule has 0 amide bonds. The first-order chi connectivity index (χ1) is 14.7. The molecule has 0 bridgehead atoms. The molecule has 0 atom stereocenters. The summed E-state index contributed by atoms with van der Waals surface area (Å²) in [5, 5.41) is 4.24. The van der Waals surface area contributed by atoms with Gasteiger partial charge in [-0.25, -0.2) is 0 Å². The third-order valence-electron chi connectivity index (χ3n) is 5.27. The van der Waals surface area contributed by atoms with Crippen molar-refractivity contribution in [1.29, 1.82) is 0 Å². The fraction of sp³-hybridized carbons (Fsp3) is 0. The minimum Gasteiger partial charge on any atom is -0.461 e. The Balaban J connectivity index is 1.74. The van der Waals surface area contributed by atoms with Crippen molar-refractivity contribution in [2.24, 2.45) is 0 Å². The SMILES string of the molecule is O=[C]c1c(C(=O)c2ccco2)ccc2cc3c(-c4ccc(Cl)cc4)cccc3cc12. The summed E-state index contributed by atoms with van der Waals surface area (Å²) in [6.07, 6.45) is 3.41. The molecule has 5 aromatic rings. The van der Waals surface area contributed by atoms with Gasteiger partial charge in [0.05, 0.1) is 6.26 Å². The molecule has 1 aromatic heterocycles. The lowest BCUT2D eigenvalue weighted by Gasteiger charge is -2.11. The lowest BCUT2D eigenvalue weighted by molar-refractivity contribution is 0.101. The number of rotatable bonds is 4. The van der Waals surface area contributed by atoms with E-state index in [1.165, 1.54) is 6.26 Å². The van der Waals surface area contributed by atoms with Crippen LogP contribution in [0, 0.1) is 0 Å². The van der Waals surface area contributed by atoms with Gasteiger partial charge in [0.1, 0.15) is 0 Å². The molecule has 4 aromatic carbocycles. The molecule has 30 heavy (non-hydrogen) atoms. The van der Waals surface area contributed by atoms with Gasteiger partial charge in [-0.2, -0.15) is 0 Å². The zero-order valence-corrected chi connectivity index (χ0v) is 16.4. The Labute approximate surface area is 177 Å². The van der Waals surface area contributed by atoms with E-state index in [4.69, 9.17) is 16.0 Å². The second-order valence-electron chi connectivity index (χ2n) is 7.00. The van der Waals surface area contributed by atoms with E-state index in [1.54, 1.807) is 18.2 Å². The molecule has 5 rings (SSSR count). The first-order valence-electron chi connectivity index (χ1n) is 9.37. The molecule has 0 saturated heterocycles. The highest BCUT2D eigenvalue weighted by molar-refractivity contribution is 6.30. The van der Waals surface area contributed by atoms with E-state index in [0.717, 1.165) is 27.3 Å². The molecule has 0 aliphatic rings. The molecule has 1 heterocycles. The van der Waals surface area contributed by atoms with Crippen molar-refractivity contribution in [2.75, 3.05) is 0 Å². The average Bonchev–Trinajstić information content (AvgIpc) is 3.31. The highest BCUT2D eigenvalue weighted by Gasteiger charge is 2.19. The number of carbonyl (C=O) groups is 1. The average molecular weight is 410 g/mol. The smallest absolute Gasteiger partial charge is 0.234 e. The third kappa shape index (κ3) is 3.00. The number of furan rings is 1. The second-order valence-corrected chi connectivity index (χ2v) is 7.44. The number of hydrogen-bond donors (Lipinski definition) is 0. The topological polar surface area (TPSA) is 47.3 Å². The van der Waals surface area contributed by atoms with E-state index in [-0.39, 0.29) is 22.7 Å². The normalized spacial score (nSPS) is 11.1. The second kappa shape index (κ2) is 7.29. The Morgan fingerprint density at radius 3 is 2.33 bits per heavy atom. The van der Waals surface area contributed by atoms with Crippen LogP contribution in [0.25, 0.3) is 32.7 Å². The minimum atomic E-state index is -0.338. The molecular weight excluding hydrogens is 396 g/mol. The maximum atomic E-state index is 12.8. The van der Waals surface area contributed by atoms with Crippen LogP contribution in [0.5, 0.6) is 0 Å². The van der Waals surface area contributed by atoms with E-state index < -0.39 is 0 Å². The van der Waals surface area contributed by atoms with Gasteiger partial charge in [-0.05, 0) is 75.1 Å². The zero-order valence-electron chi connectivity index (χ0n) is 15.7. The van der Waals surface area contributed by atoms with Crippen LogP contribution < -0.4 is 0 Å². The standard InChI is InChI=1S/C26H14ClO3/c27-19-9-6-16(7-10-19)20-4-1-3-17-13-23-18(14-22(17)20)8-11-21(24(23)15-28)26(29)25-5-2-12-30-25/h1-14H. The summed E-state index contributed by atoms with van der Waals surface area (Å²) in [6.45, 7) is 0. The molecule has 0 saturated carbocycles. The van der Waals surface area contributed by atoms with Crippen LogP contribution in [0.1, 0.15) is 21.7 Å². The van der Waals surface area contributed by atoms with Gasteiger partial charge in [-0.3, -0.25) is 9.59 Å². The van der Waals surface area contributed by atoms with Crippen molar-refractivity contribution in [1.82, 2.24) is 0 Å². The summed E-state index contributed by atoms with van der Waals surface area (Å²) >= 11 is 6.04. The lowest BCUT2D eigenvalue weighted by Crippen LogP contribution is -2.05. The van der Waals surface area contributed by atoms with Gasteiger partial charge in [0.15, 0.2) is 5.76 Å². The van der Waals surface area contributed by atoms with Crippen molar-refractivity contribution in [2.45, 2.75) is 0 Å². The van der Waals surface area contributed by atoms with E-state index in [0.29, 0.717) is 10.4 Å².